The number of anilines is 3. The van der Waals surface area contributed by atoms with Gasteiger partial charge in [-0.1, -0.05) is 61.2 Å². The lowest BCUT2D eigenvalue weighted by molar-refractivity contribution is 1.22. The van der Waals surface area contributed by atoms with E-state index < -0.39 is 0 Å². The minimum Gasteiger partial charge on any atom is -0.310 e. The third kappa shape index (κ3) is 3.04. The fourth-order valence-corrected chi connectivity index (χ4v) is 2.80. The number of benzene rings is 3. The second-order valence-corrected chi connectivity index (χ2v) is 5.70. The Bertz CT molecular complexity index is 770. The molecule has 3 aromatic rings. The van der Waals surface area contributed by atoms with E-state index >= 15 is 0 Å². The van der Waals surface area contributed by atoms with Gasteiger partial charge in [0.2, 0.25) is 0 Å². The van der Waals surface area contributed by atoms with Gasteiger partial charge in [0.1, 0.15) is 0 Å². The molecule has 3 rings (SSSR count). The minimum absolute atomic E-state index is 1.13. The summed E-state index contributed by atoms with van der Waals surface area (Å²) in [5.74, 6) is 0. The molecule has 0 aliphatic carbocycles. The number of hydrogen-bond donors (Lipinski definition) is 0. The van der Waals surface area contributed by atoms with E-state index in [0.29, 0.717) is 0 Å². The topological polar surface area (TPSA) is 3.24 Å². The van der Waals surface area contributed by atoms with Gasteiger partial charge in [0.15, 0.2) is 0 Å². The van der Waals surface area contributed by atoms with Crippen LogP contribution in [0.3, 0.4) is 0 Å². The van der Waals surface area contributed by atoms with Crippen molar-refractivity contribution in [2.45, 2.75) is 13.8 Å². The molecule has 0 aliphatic heterocycles. The number of nitrogens with zero attached hydrogens (tertiary/aromatic N) is 1. The fraction of sp³-hybridized carbons (Fsp3) is 0.0909. The summed E-state index contributed by atoms with van der Waals surface area (Å²) in [5.41, 5.74) is 7.19. The van der Waals surface area contributed by atoms with Crippen LogP contribution in [-0.2, 0) is 0 Å². The molecule has 0 aromatic heterocycles. The van der Waals surface area contributed by atoms with Gasteiger partial charge in [0, 0.05) is 17.1 Å². The summed E-state index contributed by atoms with van der Waals surface area (Å²) in [6, 6.07) is 25.5. The van der Waals surface area contributed by atoms with Crippen LogP contribution in [0.15, 0.2) is 79.4 Å². The third-order valence-electron chi connectivity index (χ3n) is 4.10. The summed E-state index contributed by atoms with van der Waals surface area (Å²) >= 11 is 0. The van der Waals surface area contributed by atoms with Crippen molar-refractivity contribution in [1.29, 1.82) is 0 Å². The molecule has 0 atom stereocenters. The lowest BCUT2D eigenvalue weighted by atomic mass is 10.1. The van der Waals surface area contributed by atoms with Crippen molar-refractivity contribution in [2.75, 3.05) is 4.90 Å². The van der Waals surface area contributed by atoms with Crippen molar-refractivity contribution in [1.82, 2.24) is 0 Å². The van der Waals surface area contributed by atoms with Crippen molar-refractivity contribution in [3.63, 3.8) is 0 Å². The Morgan fingerprint density at radius 3 is 1.61 bits per heavy atom. The maximum atomic E-state index is 3.84. The van der Waals surface area contributed by atoms with Crippen LogP contribution in [0.1, 0.15) is 16.7 Å². The summed E-state index contributed by atoms with van der Waals surface area (Å²) in [4.78, 5) is 2.32. The molecular formula is C22H21N. The van der Waals surface area contributed by atoms with Crippen molar-refractivity contribution >= 4 is 23.1 Å². The molecule has 114 valence electrons. The number of aryl methyl sites for hydroxylation is 2. The van der Waals surface area contributed by atoms with E-state index in [1.54, 1.807) is 0 Å². The van der Waals surface area contributed by atoms with Crippen molar-refractivity contribution < 1.29 is 0 Å². The van der Waals surface area contributed by atoms with Crippen molar-refractivity contribution in [2.24, 2.45) is 0 Å². The van der Waals surface area contributed by atoms with Gasteiger partial charge in [0.05, 0.1) is 0 Å². The lowest BCUT2D eigenvalue weighted by Crippen LogP contribution is -2.12. The van der Waals surface area contributed by atoms with E-state index in [2.05, 4.69) is 98.1 Å². The molecule has 0 aliphatic rings. The summed E-state index contributed by atoms with van der Waals surface area (Å²) in [6.45, 7) is 8.14. The first-order valence-electron chi connectivity index (χ1n) is 7.84. The highest BCUT2D eigenvalue weighted by molar-refractivity contribution is 5.80. The molecule has 0 heterocycles. The molecule has 0 fully saturated rings. The van der Waals surface area contributed by atoms with Crippen molar-refractivity contribution in [3.05, 3.63) is 96.1 Å². The SMILES string of the molecule is C=Cc1ccc(N(c2ccccc2C)c2ccccc2C)cc1. The zero-order chi connectivity index (χ0) is 16.2. The Morgan fingerprint density at radius 2 is 1.17 bits per heavy atom. The van der Waals surface area contributed by atoms with E-state index in [1.165, 1.54) is 22.5 Å². The average molecular weight is 299 g/mol. The van der Waals surface area contributed by atoms with Gasteiger partial charge in [-0.3, -0.25) is 0 Å². The van der Waals surface area contributed by atoms with Gasteiger partial charge in [-0.25, -0.2) is 0 Å². The summed E-state index contributed by atoms with van der Waals surface area (Å²) in [6.07, 6.45) is 1.87. The van der Waals surface area contributed by atoms with Gasteiger partial charge >= 0.3 is 0 Å². The molecule has 1 heteroatoms. The fourth-order valence-electron chi connectivity index (χ4n) is 2.80. The van der Waals surface area contributed by atoms with Crippen LogP contribution in [0.4, 0.5) is 17.1 Å². The predicted molar refractivity (Wildman–Crippen MR) is 101 cm³/mol. The van der Waals surface area contributed by atoms with Crippen LogP contribution >= 0.6 is 0 Å². The Balaban J connectivity index is 2.19. The van der Waals surface area contributed by atoms with Gasteiger partial charge in [-0.05, 0) is 54.8 Å². The third-order valence-corrected chi connectivity index (χ3v) is 4.10. The quantitative estimate of drug-likeness (QED) is 0.537. The summed E-state index contributed by atoms with van der Waals surface area (Å²) in [7, 11) is 0. The first kappa shape index (κ1) is 15.1. The molecule has 0 amide bonds. The molecule has 0 saturated carbocycles. The number of hydrogen-bond acceptors (Lipinski definition) is 1. The van der Waals surface area contributed by atoms with E-state index in [0.717, 1.165) is 11.3 Å². The van der Waals surface area contributed by atoms with Gasteiger partial charge in [-0.2, -0.15) is 0 Å². The summed E-state index contributed by atoms with van der Waals surface area (Å²) < 4.78 is 0. The average Bonchev–Trinajstić information content (AvgIpc) is 2.59. The molecule has 0 bridgehead atoms. The molecule has 0 N–H and O–H groups in total. The van der Waals surface area contributed by atoms with Crippen LogP contribution in [0.25, 0.3) is 6.08 Å². The molecule has 0 saturated heterocycles. The second-order valence-electron chi connectivity index (χ2n) is 5.70. The van der Waals surface area contributed by atoms with E-state index in [4.69, 9.17) is 0 Å². The van der Waals surface area contributed by atoms with Crippen LogP contribution in [-0.4, -0.2) is 0 Å². The highest BCUT2D eigenvalue weighted by Gasteiger charge is 2.15. The van der Waals surface area contributed by atoms with E-state index in [9.17, 15) is 0 Å². The molecular weight excluding hydrogens is 278 g/mol. The zero-order valence-corrected chi connectivity index (χ0v) is 13.7. The minimum atomic E-state index is 1.13. The number of para-hydroxylation sites is 2. The molecule has 1 nitrogen and oxygen atoms in total. The highest BCUT2D eigenvalue weighted by atomic mass is 15.1. The molecule has 3 aromatic carbocycles. The molecule has 0 radical (unpaired) electrons. The van der Waals surface area contributed by atoms with Gasteiger partial charge in [0.25, 0.3) is 0 Å². The van der Waals surface area contributed by atoms with Crippen LogP contribution < -0.4 is 4.90 Å². The smallest absolute Gasteiger partial charge is 0.0490 e. The highest BCUT2D eigenvalue weighted by Crippen LogP contribution is 2.37. The van der Waals surface area contributed by atoms with Crippen LogP contribution in [0.2, 0.25) is 0 Å². The maximum Gasteiger partial charge on any atom is 0.0490 e. The van der Waals surface area contributed by atoms with Crippen LogP contribution in [0, 0.1) is 13.8 Å². The molecule has 0 unspecified atom stereocenters. The van der Waals surface area contributed by atoms with Gasteiger partial charge in [-0.15, -0.1) is 0 Å². The Morgan fingerprint density at radius 1 is 0.696 bits per heavy atom. The van der Waals surface area contributed by atoms with Gasteiger partial charge < -0.3 is 4.90 Å². The normalized spacial score (nSPS) is 10.3. The Labute approximate surface area is 138 Å². The standard InChI is InChI=1S/C22H21N/c1-4-19-13-15-20(16-14-19)23(21-11-7-5-9-17(21)2)22-12-8-6-10-18(22)3/h4-16H,1H2,2-3H3. The largest absolute Gasteiger partial charge is 0.310 e. The monoisotopic (exact) mass is 299 g/mol. The zero-order valence-electron chi connectivity index (χ0n) is 13.7. The molecule has 23 heavy (non-hydrogen) atoms. The lowest BCUT2D eigenvalue weighted by Gasteiger charge is -2.28. The van der Waals surface area contributed by atoms with E-state index in [1.807, 2.05) is 6.08 Å². The number of rotatable bonds is 4. The summed E-state index contributed by atoms with van der Waals surface area (Å²) in [5, 5.41) is 0. The van der Waals surface area contributed by atoms with Crippen molar-refractivity contribution in [3.8, 4) is 0 Å². The Hall–Kier alpha value is -2.80. The van der Waals surface area contributed by atoms with Crippen LogP contribution in [0.5, 0.6) is 0 Å². The second kappa shape index (κ2) is 6.53. The Kier molecular flexibility index (Phi) is 4.29. The first-order valence-corrected chi connectivity index (χ1v) is 7.84. The maximum absolute atomic E-state index is 3.84. The predicted octanol–water partition coefficient (Wildman–Crippen LogP) is 6.42. The van der Waals surface area contributed by atoms with E-state index in [-0.39, 0.29) is 0 Å². The molecule has 0 spiro atoms. The first-order chi connectivity index (χ1) is 11.2.